The second kappa shape index (κ2) is 8.24. The maximum Gasteiger partial charge on any atom is 0.269 e. The molecule has 0 aliphatic heterocycles. The molecule has 2 aromatic carbocycles. The van der Waals surface area contributed by atoms with Gasteiger partial charge >= 0.3 is 0 Å². The van der Waals surface area contributed by atoms with E-state index in [0.717, 1.165) is 20.1 Å². The Labute approximate surface area is 150 Å². The fraction of sp³-hybridized carbons (Fsp3) is 0.125. The van der Waals surface area contributed by atoms with E-state index >= 15 is 0 Å². The van der Waals surface area contributed by atoms with Gasteiger partial charge in [-0.25, -0.2) is 0 Å². The first-order chi connectivity index (χ1) is 11.0. The molecule has 0 spiro atoms. The first kappa shape index (κ1) is 17.7. The molecule has 0 amide bonds. The second-order valence-electron chi connectivity index (χ2n) is 4.55. The van der Waals surface area contributed by atoms with Gasteiger partial charge in [0.15, 0.2) is 12.5 Å². The summed E-state index contributed by atoms with van der Waals surface area (Å²) in [6.45, 7) is 0.162. The van der Waals surface area contributed by atoms with Gasteiger partial charge in [-0.2, -0.15) is 0 Å². The van der Waals surface area contributed by atoms with Crippen LogP contribution in [0.4, 0.5) is 5.69 Å². The number of nitro groups is 1. The number of rotatable bonds is 6. The Bertz CT molecular complexity index is 706. The zero-order valence-corrected chi connectivity index (χ0v) is 15.3. The molecule has 0 aliphatic rings. The highest BCUT2D eigenvalue weighted by Crippen LogP contribution is 2.35. The van der Waals surface area contributed by atoms with Crippen LogP contribution < -0.4 is 4.74 Å². The molecule has 2 aromatic rings. The van der Waals surface area contributed by atoms with Crippen molar-refractivity contribution in [1.29, 1.82) is 0 Å². The first-order valence-electron chi connectivity index (χ1n) is 6.54. The molecule has 0 saturated carbocycles. The van der Waals surface area contributed by atoms with Gasteiger partial charge in [-0.05, 0) is 67.3 Å². The lowest BCUT2D eigenvalue weighted by molar-refractivity contribution is -0.384. The zero-order valence-electron chi connectivity index (χ0n) is 12.2. The average molecular weight is 443 g/mol. The summed E-state index contributed by atoms with van der Waals surface area (Å²) >= 11 is 6.92. The van der Waals surface area contributed by atoms with Gasteiger partial charge in [-0.15, -0.1) is 0 Å². The average Bonchev–Trinajstić information content (AvgIpc) is 2.52. The van der Waals surface area contributed by atoms with Crippen molar-refractivity contribution in [1.82, 2.24) is 0 Å². The number of non-ortho nitro benzene ring substituents is 1. The van der Waals surface area contributed by atoms with E-state index in [-0.39, 0.29) is 12.5 Å². The number of hydrogen-bond acceptors (Lipinski definition) is 4. The first-order valence-corrected chi connectivity index (χ1v) is 8.13. The number of benzene rings is 2. The summed E-state index contributed by atoms with van der Waals surface area (Å²) in [5, 5.41) is 10.6. The van der Waals surface area contributed by atoms with E-state index in [1.807, 2.05) is 24.3 Å². The lowest BCUT2D eigenvalue weighted by atomic mass is 10.1. The number of halogens is 2. The fourth-order valence-corrected chi connectivity index (χ4v) is 3.28. The summed E-state index contributed by atoms with van der Waals surface area (Å²) in [6, 6.07) is 10.2. The second-order valence-corrected chi connectivity index (χ2v) is 6.26. The quantitative estimate of drug-likeness (QED) is 0.264. The number of ether oxygens (including phenoxy) is 2. The van der Waals surface area contributed by atoms with Crippen molar-refractivity contribution in [3.8, 4) is 5.75 Å². The Balaban J connectivity index is 2.17. The minimum absolute atomic E-state index is 0.0762. The van der Waals surface area contributed by atoms with Crippen LogP contribution in [0.15, 0.2) is 45.3 Å². The number of hydrogen-bond donors (Lipinski definition) is 0. The standard InChI is InChI=1S/C16H13Br2NO4/c1-22-10-23-16-14(17)8-12(9-15(16)18)3-2-11-4-6-13(7-5-11)19(20)21/h2-9H,10H2,1H3/b3-2+. The molecule has 0 aromatic heterocycles. The highest BCUT2D eigenvalue weighted by atomic mass is 79.9. The van der Waals surface area contributed by atoms with Crippen LogP contribution in [0.2, 0.25) is 0 Å². The van der Waals surface area contributed by atoms with Crippen LogP contribution in [0, 0.1) is 10.1 Å². The van der Waals surface area contributed by atoms with E-state index in [1.165, 1.54) is 12.1 Å². The van der Waals surface area contributed by atoms with Crippen LogP contribution in [0.25, 0.3) is 12.2 Å². The lowest BCUT2D eigenvalue weighted by Crippen LogP contribution is -2.00. The molecule has 0 saturated heterocycles. The van der Waals surface area contributed by atoms with Gasteiger partial charge in [0, 0.05) is 19.2 Å². The summed E-state index contributed by atoms with van der Waals surface area (Å²) in [7, 11) is 1.56. The molecular formula is C16H13Br2NO4. The smallest absolute Gasteiger partial charge is 0.269 e. The largest absolute Gasteiger partial charge is 0.465 e. The van der Waals surface area contributed by atoms with Crippen molar-refractivity contribution in [3.63, 3.8) is 0 Å². The molecule has 2 rings (SSSR count). The highest BCUT2D eigenvalue weighted by molar-refractivity contribution is 9.11. The predicted octanol–water partition coefficient (Wildman–Crippen LogP) is 5.27. The van der Waals surface area contributed by atoms with Crippen molar-refractivity contribution in [2.45, 2.75) is 0 Å². The van der Waals surface area contributed by atoms with E-state index in [9.17, 15) is 10.1 Å². The van der Waals surface area contributed by atoms with Crippen LogP contribution >= 0.6 is 31.9 Å². The van der Waals surface area contributed by atoms with E-state index in [2.05, 4.69) is 31.9 Å². The molecule has 120 valence electrons. The highest BCUT2D eigenvalue weighted by Gasteiger charge is 2.08. The number of nitrogens with zero attached hydrogens (tertiary/aromatic N) is 1. The monoisotopic (exact) mass is 441 g/mol. The van der Waals surface area contributed by atoms with Gasteiger partial charge < -0.3 is 9.47 Å². The Kier molecular flexibility index (Phi) is 6.32. The normalized spacial score (nSPS) is 10.9. The summed E-state index contributed by atoms with van der Waals surface area (Å²) in [5.41, 5.74) is 1.90. The Morgan fingerprint density at radius 2 is 1.65 bits per heavy atom. The molecule has 0 unspecified atom stereocenters. The van der Waals surface area contributed by atoms with Crippen LogP contribution in [-0.2, 0) is 4.74 Å². The van der Waals surface area contributed by atoms with Gasteiger partial charge in [0.2, 0.25) is 0 Å². The number of nitro benzene ring substituents is 1. The summed E-state index contributed by atoms with van der Waals surface area (Å²) < 4.78 is 12.0. The molecule has 5 nitrogen and oxygen atoms in total. The van der Waals surface area contributed by atoms with E-state index in [0.29, 0.717) is 5.75 Å². The molecule has 0 bridgehead atoms. The third-order valence-corrected chi connectivity index (χ3v) is 4.09. The van der Waals surface area contributed by atoms with Crippen LogP contribution in [-0.4, -0.2) is 18.8 Å². The lowest BCUT2D eigenvalue weighted by Gasteiger charge is -2.10. The zero-order chi connectivity index (χ0) is 16.8. The molecule has 0 N–H and O–H groups in total. The third kappa shape index (κ3) is 4.89. The maximum absolute atomic E-state index is 10.6. The molecule has 0 heterocycles. The molecule has 7 heteroatoms. The van der Waals surface area contributed by atoms with Gasteiger partial charge in [0.1, 0.15) is 0 Å². The maximum atomic E-state index is 10.6. The summed E-state index contributed by atoms with van der Waals surface area (Å²) in [6.07, 6.45) is 3.80. The Morgan fingerprint density at radius 1 is 1.09 bits per heavy atom. The molecule has 0 fully saturated rings. The summed E-state index contributed by atoms with van der Waals surface area (Å²) in [4.78, 5) is 10.2. The molecular weight excluding hydrogens is 430 g/mol. The van der Waals surface area contributed by atoms with Crippen molar-refractivity contribution in [2.24, 2.45) is 0 Å². The molecule has 0 atom stereocenters. The van der Waals surface area contributed by atoms with Gasteiger partial charge in [0.05, 0.1) is 13.9 Å². The van der Waals surface area contributed by atoms with E-state index < -0.39 is 4.92 Å². The van der Waals surface area contributed by atoms with Crippen molar-refractivity contribution in [3.05, 3.63) is 66.6 Å². The Hall–Kier alpha value is -1.70. The van der Waals surface area contributed by atoms with E-state index in [1.54, 1.807) is 19.2 Å². The van der Waals surface area contributed by atoms with Crippen LogP contribution in [0.1, 0.15) is 11.1 Å². The third-order valence-electron chi connectivity index (χ3n) is 2.91. The van der Waals surface area contributed by atoms with Gasteiger partial charge in [0.25, 0.3) is 5.69 Å². The van der Waals surface area contributed by atoms with E-state index in [4.69, 9.17) is 9.47 Å². The van der Waals surface area contributed by atoms with Crippen LogP contribution in [0.5, 0.6) is 5.75 Å². The van der Waals surface area contributed by atoms with Gasteiger partial charge in [-0.1, -0.05) is 12.2 Å². The topological polar surface area (TPSA) is 61.6 Å². The fourth-order valence-electron chi connectivity index (χ4n) is 1.83. The number of methoxy groups -OCH3 is 1. The summed E-state index contributed by atoms with van der Waals surface area (Å²) in [5.74, 6) is 0.666. The van der Waals surface area contributed by atoms with Crippen molar-refractivity contribution in [2.75, 3.05) is 13.9 Å². The molecule has 0 radical (unpaired) electrons. The van der Waals surface area contributed by atoms with Crippen LogP contribution in [0.3, 0.4) is 0 Å². The van der Waals surface area contributed by atoms with Crippen molar-refractivity contribution < 1.29 is 14.4 Å². The minimum atomic E-state index is -0.416. The van der Waals surface area contributed by atoms with Gasteiger partial charge in [-0.3, -0.25) is 10.1 Å². The van der Waals surface area contributed by atoms with Crippen molar-refractivity contribution >= 4 is 49.7 Å². The minimum Gasteiger partial charge on any atom is -0.465 e. The SMILES string of the molecule is COCOc1c(Br)cc(/C=C/c2ccc([N+](=O)[O-])cc2)cc1Br. The molecule has 0 aliphatic carbocycles. The molecule has 23 heavy (non-hydrogen) atoms. The Morgan fingerprint density at radius 3 is 2.17 bits per heavy atom. The predicted molar refractivity (Wildman–Crippen MR) is 96.4 cm³/mol.